The SMILES string of the molecule is C=CCN(CCOC)C(=O)c1ccc(O)c(O)c1. The van der Waals surface area contributed by atoms with Crippen molar-refractivity contribution in [2.75, 3.05) is 26.8 Å². The van der Waals surface area contributed by atoms with Gasteiger partial charge in [-0.1, -0.05) is 6.08 Å². The Labute approximate surface area is 106 Å². The number of aromatic hydroxyl groups is 2. The summed E-state index contributed by atoms with van der Waals surface area (Å²) in [6.07, 6.45) is 1.62. The highest BCUT2D eigenvalue weighted by atomic mass is 16.5. The molecule has 0 radical (unpaired) electrons. The number of ether oxygens (including phenoxy) is 1. The van der Waals surface area contributed by atoms with E-state index in [2.05, 4.69) is 6.58 Å². The average Bonchev–Trinajstić information content (AvgIpc) is 2.37. The molecule has 1 aromatic carbocycles. The monoisotopic (exact) mass is 251 g/mol. The first-order chi connectivity index (χ1) is 8.60. The zero-order chi connectivity index (χ0) is 13.5. The van der Waals surface area contributed by atoms with E-state index in [-0.39, 0.29) is 17.4 Å². The summed E-state index contributed by atoms with van der Waals surface area (Å²) in [7, 11) is 1.56. The predicted molar refractivity (Wildman–Crippen MR) is 67.7 cm³/mol. The lowest BCUT2D eigenvalue weighted by atomic mass is 10.1. The second-order valence-electron chi connectivity index (χ2n) is 3.74. The summed E-state index contributed by atoms with van der Waals surface area (Å²) in [5.74, 6) is -0.813. The van der Waals surface area contributed by atoms with Gasteiger partial charge in [-0.3, -0.25) is 4.79 Å². The molecular weight excluding hydrogens is 234 g/mol. The predicted octanol–water partition coefficient (Wildman–Crippen LogP) is 1.37. The third-order valence-electron chi connectivity index (χ3n) is 2.42. The van der Waals surface area contributed by atoms with Crippen LogP contribution in [-0.2, 0) is 4.74 Å². The van der Waals surface area contributed by atoms with Crippen molar-refractivity contribution < 1.29 is 19.7 Å². The van der Waals surface area contributed by atoms with Crippen molar-refractivity contribution in [1.29, 1.82) is 0 Å². The normalized spacial score (nSPS) is 10.1. The number of phenols is 2. The standard InChI is InChI=1S/C13H17NO4/c1-3-6-14(7-8-18-2)13(17)10-4-5-11(15)12(16)9-10/h3-5,9,15-16H,1,6-8H2,2H3. The van der Waals surface area contributed by atoms with Crippen LogP contribution in [0.15, 0.2) is 30.9 Å². The molecule has 0 atom stereocenters. The highest BCUT2D eigenvalue weighted by molar-refractivity contribution is 5.95. The Balaban J connectivity index is 2.86. The molecule has 0 unspecified atom stereocenters. The molecule has 0 saturated heterocycles. The maximum absolute atomic E-state index is 12.1. The number of hydrogen-bond acceptors (Lipinski definition) is 4. The van der Waals surface area contributed by atoms with Gasteiger partial charge < -0.3 is 19.8 Å². The molecule has 5 nitrogen and oxygen atoms in total. The lowest BCUT2D eigenvalue weighted by molar-refractivity contribution is 0.0717. The Bertz CT molecular complexity index is 431. The van der Waals surface area contributed by atoms with Crippen LogP contribution in [0.25, 0.3) is 0 Å². The largest absolute Gasteiger partial charge is 0.504 e. The fourth-order valence-electron chi connectivity index (χ4n) is 1.47. The van der Waals surface area contributed by atoms with Gasteiger partial charge >= 0.3 is 0 Å². The average molecular weight is 251 g/mol. The highest BCUT2D eigenvalue weighted by Crippen LogP contribution is 2.25. The molecule has 5 heteroatoms. The number of carbonyl (C=O) groups excluding carboxylic acids is 1. The molecule has 0 saturated carbocycles. The summed E-state index contributed by atoms with van der Waals surface area (Å²) in [5, 5.41) is 18.6. The molecule has 0 aromatic heterocycles. The first kappa shape index (κ1) is 14.1. The van der Waals surface area contributed by atoms with Gasteiger partial charge in [0.1, 0.15) is 0 Å². The summed E-state index contributed by atoms with van der Waals surface area (Å²) in [4.78, 5) is 13.7. The van der Waals surface area contributed by atoms with Crippen molar-refractivity contribution in [3.05, 3.63) is 36.4 Å². The Morgan fingerprint density at radius 3 is 2.72 bits per heavy atom. The van der Waals surface area contributed by atoms with E-state index in [0.29, 0.717) is 25.3 Å². The van der Waals surface area contributed by atoms with Gasteiger partial charge in [-0.05, 0) is 18.2 Å². The fraction of sp³-hybridized carbons (Fsp3) is 0.308. The van der Waals surface area contributed by atoms with E-state index < -0.39 is 0 Å². The molecular formula is C13H17NO4. The number of hydrogen-bond donors (Lipinski definition) is 2. The van der Waals surface area contributed by atoms with E-state index >= 15 is 0 Å². The maximum atomic E-state index is 12.1. The molecule has 98 valence electrons. The number of amides is 1. The minimum atomic E-state index is -0.314. The van der Waals surface area contributed by atoms with Crippen molar-refractivity contribution in [1.82, 2.24) is 4.90 Å². The zero-order valence-corrected chi connectivity index (χ0v) is 10.3. The van der Waals surface area contributed by atoms with Gasteiger partial charge in [0.2, 0.25) is 0 Å². The van der Waals surface area contributed by atoms with Crippen LogP contribution in [0, 0.1) is 0 Å². The third-order valence-corrected chi connectivity index (χ3v) is 2.42. The van der Waals surface area contributed by atoms with Crippen molar-refractivity contribution in [2.45, 2.75) is 0 Å². The third kappa shape index (κ3) is 3.49. The van der Waals surface area contributed by atoms with Gasteiger partial charge in [0, 0.05) is 25.8 Å². The van der Waals surface area contributed by atoms with E-state index in [4.69, 9.17) is 4.74 Å². The topological polar surface area (TPSA) is 70.0 Å². The summed E-state index contributed by atoms with van der Waals surface area (Å²) < 4.78 is 4.93. The molecule has 0 spiro atoms. The molecule has 0 aliphatic rings. The van der Waals surface area contributed by atoms with Crippen LogP contribution in [0.4, 0.5) is 0 Å². The Kier molecular flexibility index (Phi) is 5.20. The maximum Gasteiger partial charge on any atom is 0.254 e. The zero-order valence-electron chi connectivity index (χ0n) is 10.3. The number of nitrogens with zero attached hydrogens (tertiary/aromatic N) is 1. The van der Waals surface area contributed by atoms with Crippen LogP contribution in [-0.4, -0.2) is 47.8 Å². The van der Waals surface area contributed by atoms with Crippen LogP contribution in [0.1, 0.15) is 10.4 Å². The second kappa shape index (κ2) is 6.66. The van der Waals surface area contributed by atoms with Crippen molar-refractivity contribution >= 4 is 5.91 Å². The van der Waals surface area contributed by atoms with E-state index in [1.165, 1.54) is 18.2 Å². The van der Waals surface area contributed by atoms with E-state index in [1.54, 1.807) is 18.1 Å². The van der Waals surface area contributed by atoms with Crippen molar-refractivity contribution in [3.63, 3.8) is 0 Å². The van der Waals surface area contributed by atoms with Gasteiger partial charge in [-0.2, -0.15) is 0 Å². The Hall–Kier alpha value is -2.01. The minimum Gasteiger partial charge on any atom is -0.504 e. The molecule has 1 aromatic rings. The number of carbonyl (C=O) groups is 1. The molecule has 18 heavy (non-hydrogen) atoms. The van der Waals surface area contributed by atoms with Crippen LogP contribution >= 0.6 is 0 Å². The van der Waals surface area contributed by atoms with Gasteiger partial charge in [0.25, 0.3) is 5.91 Å². The molecule has 0 aliphatic heterocycles. The van der Waals surface area contributed by atoms with Gasteiger partial charge in [0.15, 0.2) is 11.5 Å². The summed E-state index contributed by atoms with van der Waals surface area (Å²) in [6, 6.07) is 3.98. The number of rotatable bonds is 6. The van der Waals surface area contributed by atoms with E-state index in [9.17, 15) is 15.0 Å². The number of benzene rings is 1. The quantitative estimate of drug-likeness (QED) is 0.592. The number of phenolic OH excluding ortho intramolecular Hbond substituents is 2. The van der Waals surface area contributed by atoms with E-state index in [0.717, 1.165) is 0 Å². The highest BCUT2D eigenvalue weighted by Gasteiger charge is 2.15. The Morgan fingerprint density at radius 1 is 1.44 bits per heavy atom. The number of methoxy groups -OCH3 is 1. The molecule has 1 rings (SSSR count). The van der Waals surface area contributed by atoms with Crippen molar-refractivity contribution in [3.8, 4) is 11.5 Å². The molecule has 0 aliphatic carbocycles. The Morgan fingerprint density at radius 2 is 2.17 bits per heavy atom. The smallest absolute Gasteiger partial charge is 0.254 e. The van der Waals surface area contributed by atoms with Gasteiger partial charge in [-0.15, -0.1) is 6.58 Å². The fourth-order valence-corrected chi connectivity index (χ4v) is 1.47. The second-order valence-corrected chi connectivity index (χ2v) is 3.74. The van der Waals surface area contributed by atoms with Gasteiger partial charge in [-0.25, -0.2) is 0 Å². The minimum absolute atomic E-state index is 0.248. The first-order valence-electron chi connectivity index (χ1n) is 5.51. The molecule has 0 fully saturated rings. The van der Waals surface area contributed by atoms with Crippen LogP contribution in [0.5, 0.6) is 11.5 Å². The van der Waals surface area contributed by atoms with Crippen LogP contribution in [0.3, 0.4) is 0 Å². The molecule has 1 amide bonds. The molecule has 0 heterocycles. The molecule has 2 N–H and O–H groups in total. The lowest BCUT2D eigenvalue weighted by Crippen LogP contribution is -2.34. The van der Waals surface area contributed by atoms with Gasteiger partial charge in [0.05, 0.1) is 6.61 Å². The lowest BCUT2D eigenvalue weighted by Gasteiger charge is -2.20. The van der Waals surface area contributed by atoms with Crippen molar-refractivity contribution in [2.24, 2.45) is 0 Å². The first-order valence-corrected chi connectivity index (χ1v) is 5.51. The summed E-state index contributed by atoms with van der Waals surface area (Å²) in [6.45, 7) is 4.84. The summed E-state index contributed by atoms with van der Waals surface area (Å²) >= 11 is 0. The molecule has 0 bridgehead atoms. The summed E-state index contributed by atoms with van der Waals surface area (Å²) in [5.41, 5.74) is 0.309. The van der Waals surface area contributed by atoms with E-state index in [1.807, 2.05) is 0 Å². The van der Waals surface area contributed by atoms with Crippen LogP contribution in [0.2, 0.25) is 0 Å². The van der Waals surface area contributed by atoms with Crippen LogP contribution < -0.4 is 0 Å².